The van der Waals surface area contributed by atoms with Gasteiger partial charge in [0.1, 0.15) is 0 Å². The van der Waals surface area contributed by atoms with Crippen LogP contribution in [-0.2, 0) is 16.5 Å². The molecule has 0 radical (unpaired) electrons. The molecule has 2 heterocycles. The van der Waals surface area contributed by atoms with Crippen molar-refractivity contribution in [2.45, 2.75) is 18.9 Å². The Morgan fingerprint density at radius 1 is 1.41 bits per heavy atom. The smallest absolute Gasteiger partial charge is 0.408 e. The predicted octanol–water partition coefficient (Wildman–Crippen LogP) is 1.98. The lowest BCUT2D eigenvalue weighted by Gasteiger charge is -2.31. The highest BCUT2D eigenvalue weighted by molar-refractivity contribution is 5.77. The Balaban J connectivity index is 1.82. The molecule has 1 aromatic carbocycles. The minimum Gasteiger partial charge on any atom is -0.408 e. The zero-order valence-corrected chi connectivity index (χ0v) is 13.0. The SMILES string of the molecule is COCC(Nc1ccc2oc(=O)n(C)c2c1)C1CCOCC1. The largest absolute Gasteiger partial charge is 0.419 e. The fourth-order valence-corrected chi connectivity index (χ4v) is 3.02. The van der Waals surface area contributed by atoms with Gasteiger partial charge < -0.3 is 19.2 Å². The number of aryl methyl sites for hydroxylation is 1. The number of oxazole rings is 1. The summed E-state index contributed by atoms with van der Waals surface area (Å²) in [5.41, 5.74) is 2.36. The molecule has 22 heavy (non-hydrogen) atoms. The number of aromatic nitrogens is 1. The van der Waals surface area contributed by atoms with Crippen molar-refractivity contribution in [3.05, 3.63) is 28.7 Å². The monoisotopic (exact) mass is 306 g/mol. The summed E-state index contributed by atoms with van der Waals surface area (Å²) in [6.07, 6.45) is 2.07. The van der Waals surface area contributed by atoms with Gasteiger partial charge in [-0.2, -0.15) is 0 Å². The van der Waals surface area contributed by atoms with E-state index in [9.17, 15) is 4.79 Å². The highest BCUT2D eigenvalue weighted by Gasteiger charge is 2.24. The van der Waals surface area contributed by atoms with Gasteiger partial charge in [0.05, 0.1) is 18.2 Å². The number of ether oxygens (including phenoxy) is 2. The molecular weight excluding hydrogens is 284 g/mol. The lowest BCUT2D eigenvalue weighted by molar-refractivity contribution is 0.0485. The maximum absolute atomic E-state index is 11.6. The van der Waals surface area contributed by atoms with Crippen LogP contribution < -0.4 is 11.1 Å². The van der Waals surface area contributed by atoms with Crippen molar-refractivity contribution in [3.63, 3.8) is 0 Å². The van der Waals surface area contributed by atoms with Gasteiger partial charge in [0.2, 0.25) is 0 Å². The molecule has 1 aliphatic rings. The first-order valence-corrected chi connectivity index (χ1v) is 7.62. The van der Waals surface area contributed by atoms with Crippen LogP contribution in [0.3, 0.4) is 0 Å². The average molecular weight is 306 g/mol. The van der Waals surface area contributed by atoms with E-state index in [0.29, 0.717) is 18.1 Å². The topological polar surface area (TPSA) is 65.6 Å². The Labute approximate surface area is 129 Å². The zero-order chi connectivity index (χ0) is 15.5. The molecule has 0 saturated carbocycles. The van der Waals surface area contributed by atoms with E-state index < -0.39 is 0 Å². The van der Waals surface area contributed by atoms with Crippen molar-refractivity contribution in [3.8, 4) is 0 Å². The molecular formula is C16H22N2O4. The van der Waals surface area contributed by atoms with Gasteiger partial charge in [0, 0.05) is 33.1 Å². The molecule has 1 saturated heterocycles. The standard InChI is InChI=1S/C16H22N2O4/c1-18-14-9-12(3-4-15(14)22-16(18)19)17-13(10-20-2)11-5-7-21-8-6-11/h3-4,9,11,13,17H,5-8,10H2,1-2H3. The summed E-state index contributed by atoms with van der Waals surface area (Å²) >= 11 is 0. The highest BCUT2D eigenvalue weighted by Crippen LogP contribution is 2.24. The van der Waals surface area contributed by atoms with E-state index in [1.165, 1.54) is 4.57 Å². The van der Waals surface area contributed by atoms with Crippen LogP contribution in [0.15, 0.2) is 27.4 Å². The molecule has 1 aromatic heterocycles. The normalized spacial score (nSPS) is 17.7. The molecule has 0 amide bonds. The van der Waals surface area contributed by atoms with E-state index >= 15 is 0 Å². The Kier molecular flexibility index (Phi) is 4.49. The van der Waals surface area contributed by atoms with Crippen molar-refractivity contribution in [2.24, 2.45) is 13.0 Å². The van der Waals surface area contributed by atoms with Crippen LogP contribution in [0.1, 0.15) is 12.8 Å². The summed E-state index contributed by atoms with van der Waals surface area (Å²) in [6, 6.07) is 5.94. The fourth-order valence-electron chi connectivity index (χ4n) is 3.02. The van der Waals surface area contributed by atoms with Crippen LogP contribution in [0.25, 0.3) is 11.1 Å². The first-order valence-electron chi connectivity index (χ1n) is 7.62. The average Bonchev–Trinajstić information content (AvgIpc) is 2.83. The third-order valence-corrected chi connectivity index (χ3v) is 4.32. The fraction of sp³-hybridized carbons (Fsp3) is 0.562. The molecule has 0 aliphatic carbocycles. The van der Waals surface area contributed by atoms with Crippen LogP contribution in [0.2, 0.25) is 0 Å². The van der Waals surface area contributed by atoms with Crippen molar-refractivity contribution in [1.82, 2.24) is 4.57 Å². The molecule has 0 bridgehead atoms. The van der Waals surface area contributed by atoms with Crippen LogP contribution in [-0.4, -0.2) is 37.5 Å². The van der Waals surface area contributed by atoms with Crippen LogP contribution >= 0.6 is 0 Å². The van der Waals surface area contributed by atoms with Gasteiger partial charge in [-0.15, -0.1) is 0 Å². The number of methoxy groups -OCH3 is 1. The molecule has 1 N–H and O–H groups in total. The number of nitrogens with zero attached hydrogens (tertiary/aromatic N) is 1. The number of hydrogen-bond donors (Lipinski definition) is 1. The number of anilines is 1. The van der Waals surface area contributed by atoms with E-state index in [2.05, 4.69) is 5.32 Å². The van der Waals surface area contributed by atoms with Gasteiger partial charge in [-0.3, -0.25) is 4.57 Å². The summed E-state index contributed by atoms with van der Waals surface area (Å²) in [5.74, 6) is 0.183. The molecule has 6 heteroatoms. The summed E-state index contributed by atoms with van der Waals surface area (Å²) < 4.78 is 17.5. The first kappa shape index (κ1) is 15.1. The minimum atomic E-state index is -0.343. The van der Waals surface area contributed by atoms with Crippen LogP contribution in [0.4, 0.5) is 5.69 Å². The van der Waals surface area contributed by atoms with Crippen LogP contribution in [0, 0.1) is 5.92 Å². The third kappa shape index (κ3) is 3.03. The highest BCUT2D eigenvalue weighted by atomic mass is 16.5. The maximum Gasteiger partial charge on any atom is 0.419 e. The zero-order valence-electron chi connectivity index (χ0n) is 13.0. The molecule has 3 rings (SSSR count). The lowest BCUT2D eigenvalue weighted by atomic mass is 9.92. The van der Waals surface area contributed by atoms with E-state index in [0.717, 1.165) is 37.3 Å². The van der Waals surface area contributed by atoms with Crippen molar-refractivity contribution >= 4 is 16.8 Å². The second kappa shape index (κ2) is 6.54. The van der Waals surface area contributed by atoms with Gasteiger partial charge in [-0.25, -0.2) is 4.79 Å². The van der Waals surface area contributed by atoms with Gasteiger partial charge in [-0.05, 0) is 37.0 Å². The molecule has 1 unspecified atom stereocenters. The first-order chi connectivity index (χ1) is 10.7. The summed E-state index contributed by atoms with van der Waals surface area (Å²) in [6.45, 7) is 2.26. The molecule has 1 fully saturated rings. The Morgan fingerprint density at radius 3 is 2.91 bits per heavy atom. The second-order valence-corrected chi connectivity index (χ2v) is 5.77. The molecule has 0 spiro atoms. The second-order valence-electron chi connectivity index (χ2n) is 5.77. The van der Waals surface area contributed by atoms with Crippen molar-refractivity contribution < 1.29 is 13.9 Å². The van der Waals surface area contributed by atoms with E-state index in [1.54, 1.807) is 14.2 Å². The molecule has 1 atom stereocenters. The van der Waals surface area contributed by atoms with Gasteiger partial charge in [0.15, 0.2) is 5.58 Å². The lowest BCUT2D eigenvalue weighted by Crippen LogP contribution is -2.36. The van der Waals surface area contributed by atoms with Gasteiger partial charge >= 0.3 is 5.76 Å². The number of nitrogens with one attached hydrogen (secondary N) is 1. The van der Waals surface area contributed by atoms with E-state index in [1.807, 2.05) is 18.2 Å². The number of rotatable bonds is 5. The molecule has 120 valence electrons. The Hall–Kier alpha value is -1.79. The van der Waals surface area contributed by atoms with E-state index in [4.69, 9.17) is 13.9 Å². The summed E-state index contributed by atoms with van der Waals surface area (Å²) in [5, 5.41) is 3.54. The molecule has 6 nitrogen and oxygen atoms in total. The third-order valence-electron chi connectivity index (χ3n) is 4.32. The predicted molar refractivity (Wildman–Crippen MR) is 84.3 cm³/mol. The Morgan fingerprint density at radius 2 is 2.18 bits per heavy atom. The molecule has 2 aromatic rings. The number of benzene rings is 1. The molecule has 1 aliphatic heterocycles. The minimum absolute atomic E-state index is 0.232. The number of fused-ring (bicyclic) bond motifs is 1. The van der Waals surface area contributed by atoms with Crippen molar-refractivity contribution in [2.75, 3.05) is 32.2 Å². The van der Waals surface area contributed by atoms with E-state index in [-0.39, 0.29) is 11.8 Å². The van der Waals surface area contributed by atoms with Gasteiger partial charge in [0.25, 0.3) is 0 Å². The number of hydrogen-bond acceptors (Lipinski definition) is 5. The Bertz CT molecular complexity index is 685. The van der Waals surface area contributed by atoms with Gasteiger partial charge in [-0.1, -0.05) is 0 Å². The quantitative estimate of drug-likeness (QED) is 0.915. The summed E-state index contributed by atoms with van der Waals surface area (Å²) in [4.78, 5) is 11.6. The van der Waals surface area contributed by atoms with Crippen LogP contribution in [0.5, 0.6) is 0 Å². The summed E-state index contributed by atoms with van der Waals surface area (Å²) in [7, 11) is 3.43. The van der Waals surface area contributed by atoms with Crippen molar-refractivity contribution in [1.29, 1.82) is 0 Å². The maximum atomic E-state index is 11.6.